The van der Waals surface area contributed by atoms with Gasteiger partial charge in [0.05, 0.1) is 17.2 Å². The maximum Gasteiger partial charge on any atom is 0.203 e. The molecule has 6 heteroatoms. The van der Waals surface area contributed by atoms with E-state index in [4.69, 9.17) is 4.74 Å². The molecule has 2 aromatic rings. The zero-order chi connectivity index (χ0) is 17.8. The summed E-state index contributed by atoms with van der Waals surface area (Å²) in [5.74, 6) is -0.561. The third kappa shape index (κ3) is 4.33. The summed E-state index contributed by atoms with van der Waals surface area (Å²) >= 11 is 1.09. The summed E-state index contributed by atoms with van der Waals surface area (Å²) in [6.45, 7) is -0.258. The molecule has 0 amide bonds. The number of ketones is 2. The molecule has 0 saturated carbocycles. The van der Waals surface area contributed by atoms with Gasteiger partial charge in [-0.15, -0.1) is 0 Å². The second-order valence-corrected chi connectivity index (χ2v) is 6.92. The topological polar surface area (TPSA) is 60.4 Å². The summed E-state index contributed by atoms with van der Waals surface area (Å²) in [4.78, 5) is 34.9. The Kier molecular flexibility index (Phi) is 5.28. The van der Waals surface area contributed by atoms with Crippen LogP contribution in [0.5, 0.6) is 5.75 Å². The van der Waals surface area contributed by atoms with Gasteiger partial charge < -0.3 is 4.74 Å². The van der Waals surface area contributed by atoms with Crippen molar-refractivity contribution in [3.05, 3.63) is 65.5 Å². The second-order valence-electron chi connectivity index (χ2n) is 5.66. The molecule has 1 atom stereocenters. The highest BCUT2D eigenvalue weighted by Gasteiger charge is 2.31. The van der Waals surface area contributed by atoms with Crippen LogP contribution in [0.3, 0.4) is 0 Å². The molecule has 0 bridgehead atoms. The lowest BCUT2D eigenvalue weighted by Gasteiger charge is -2.09. The van der Waals surface area contributed by atoms with Crippen LogP contribution in [0.4, 0.5) is 4.39 Å². The van der Waals surface area contributed by atoms with E-state index in [0.717, 1.165) is 17.3 Å². The molecule has 1 heterocycles. The van der Waals surface area contributed by atoms with Gasteiger partial charge in [0.2, 0.25) is 5.78 Å². The highest BCUT2D eigenvalue weighted by molar-refractivity contribution is 8.15. The number of hydrogen-bond acceptors (Lipinski definition) is 5. The average molecular weight is 358 g/mol. The van der Waals surface area contributed by atoms with Crippen LogP contribution in [-0.4, -0.2) is 28.5 Å². The van der Waals surface area contributed by atoms with Crippen molar-refractivity contribution in [3.63, 3.8) is 0 Å². The van der Waals surface area contributed by atoms with E-state index in [-0.39, 0.29) is 34.7 Å². The van der Waals surface area contributed by atoms with E-state index in [9.17, 15) is 18.8 Å². The molecular formula is C19H15FO4S. The largest absolute Gasteiger partial charge is 0.485 e. The van der Waals surface area contributed by atoms with Crippen LogP contribution in [0, 0.1) is 5.82 Å². The number of hydrogen-bond donors (Lipinski definition) is 0. The normalized spacial score (nSPS) is 16.9. The Labute approximate surface area is 148 Å². The molecule has 4 nitrogen and oxygen atoms in total. The molecule has 1 saturated heterocycles. The summed E-state index contributed by atoms with van der Waals surface area (Å²) in [6, 6.07) is 12.7. The highest BCUT2D eigenvalue weighted by Crippen LogP contribution is 2.28. The third-order valence-electron chi connectivity index (χ3n) is 3.84. The van der Waals surface area contributed by atoms with E-state index in [1.54, 1.807) is 30.3 Å². The number of carbonyl (C=O) groups excluding carboxylic acids is 3. The Morgan fingerprint density at radius 3 is 2.48 bits per heavy atom. The lowest BCUT2D eigenvalue weighted by molar-refractivity contribution is -0.121. The SMILES string of the molecule is O=C1CC(=O)C(Cc2ccc(OCC(=O)c3ccccc3F)cc2)S1. The molecule has 1 unspecified atom stereocenters. The van der Waals surface area contributed by atoms with Crippen molar-refractivity contribution in [2.24, 2.45) is 0 Å². The first kappa shape index (κ1) is 17.4. The van der Waals surface area contributed by atoms with Gasteiger partial charge in [0, 0.05) is 0 Å². The Morgan fingerprint density at radius 1 is 1.12 bits per heavy atom. The van der Waals surface area contributed by atoms with Crippen LogP contribution in [0.15, 0.2) is 48.5 Å². The molecule has 1 fully saturated rings. The van der Waals surface area contributed by atoms with Gasteiger partial charge in [0.25, 0.3) is 0 Å². The number of Topliss-reactive ketones (excluding diaryl/α,β-unsaturated/α-hetero) is 2. The predicted octanol–water partition coefficient (Wildman–Crippen LogP) is 3.23. The van der Waals surface area contributed by atoms with E-state index in [1.165, 1.54) is 18.2 Å². The number of carbonyl (C=O) groups is 3. The fourth-order valence-electron chi connectivity index (χ4n) is 2.53. The minimum absolute atomic E-state index is 0.000517. The van der Waals surface area contributed by atoms with Gasteiger partial charge in [0.15, 0.2) is 17.5 Å². The van der Waals surface area contributed by atoms with Crippen molar-refractivity contribution in [3.8, 4) is 5.75 Å². The molecule has 1 aliphatic rings. The van der Waals surface area contributed by atoms with E-state index in [0.29, 0.717) is 12.2 Å². The number of ether oxygens (including phenoxy) is 1. The molecule has 0 N–H and O–H groups in total. The maximum absolute atomic E-state index is 13.5. The molecule has 1 aliphatic heterocycles. The van der Waals surface area contributed by atoms with E-state index in [2.05, 4.69) is 0 Å². The summed E-state index contributed by atoms with van der Waals surface area (Å²) in [7, 11) is 0. The van der Waals surface area contributed by atoms with Gasteiger partial charge in [-0.05, 0) is 36.2 Å². The Balaban J connectivity index is 1.56. The summed E-state index contributed by atoms with van der Waals surface area (Å²) < 4.78 is 18.9. The fraction of sp³-hybridized carbons (Fsp3) is 0.211. The smallest absolute Gasteiger partial charge is 0.203 e. The molecule has 3 rings (SSSR count). The summed E-state index contributed by atoms with van der Waals surface area (Å²) in [5, 5.41) is -0.400. The van der Waals surface area contributed by atoms with Gasteiger partial charge in [-0.3, -0.25) is 14.4 Å². The number of benzene rings is 2. The first-order valence-electron chi connectivity index (χ1n) is 7.74. The Bertz CT molecular complexity index is 816. The van der Waals surface area contributed by atoms with Crippen LogP contribution in [0.2, 0.25) is 0 Å². The van der Waals surface area contributed by atoms with E-state index >= 15 is 0 Å². The minimum Gasteiger partial charge on any atom is -0.485 e. The highest BCUT2D eigenvalue weighted by atomic mass is 32.2. The van der Waals surface area contributed by atoms with Crippen LogP contribution >= 0.6 is 11.8 Å². The van der Waals surface area contributed by atoms with Crippen LogP contribution in [-0.2, 0) is 16.0 Å². The van der Waals surface area contributed by atoms with Crippen LogP contribution in [0.25, 0.3) is 0 Å². The van der Waals surface area contributed by atoms with Gasteiger partial charge >= 0.3 is 0 Å². The zero-order valence-corrected chi connectivity index (χ0v) is 14.1. The number of thioether (sulfide) groups is 1. The second kappa shape index (κ2) is 7.61. The monoisotopic (exact) mass is 358 g/mol. The summed E-state index contributed by atoms with van der Waals surface area (Å²) in [6.07, 6.45) is 0.498. The first-order valence-corrected chi connectivity index (χ1v) is 8.62. The molecule has 0 aliphatic carbocycles. The predicted molar refractivity (Wildman–Crippen MR) is 92.4 cm³/mol. The van der Waals surface area contributed by atoms with Crippen molar-refractivity contribution < 1.29 is 23.5 Å². The van der Waals surface area contributed by atoms with Crippen molar-refractivity contribution in [2.75, 3.05) is 6.61 Å². The molecule has 2 aromatic carbocycles. The maximum atomic E-state index is 13.5. The third-order valence-corrected chi connectivity index (χ3v) is 4.96. The van der Waals surface area contributed by atoms with Crippen molar-refractivity contribution in [2.45, 2.75) is 18.1 Å². The molecule has 0 radical (unpaired) electrons. The van der Waals surface area contributed by atoms with Crippen molar-refractivity contribution in [1.29, 1.82) is 0 Å². The average Bonchev–Trinajstić information content (AvgIpc) is 2.91. The minimum atomic E-state index is -0.570. The lowest BCUT2D eigenvalue weighted by atomic mass is 10.1. The molecule has 128 valence electrons. The van der Waals surface area contributed by atoms with Gasteiger partial charge in [-0.1, -0.05) is 36.0 Å². The van der Waals surface area contributed by atoms with Crippen molar-refractivity contribution >= 4 is 28.4 Å². The zero-order valence-electron chi connectivity index (χ0n) is 13.2. The Morgan fingerprint density at radius 2 is 1.84 bits per heavy atom. The number of rotatable bonds is 6. The standard InChI is InChI=1S/C19H15FO4S/c20-15-4-2-1-3-14(15)17(22)11-24-13-7-5-12(6-8-13)9-18-16(21)10-19(23)25-18/h1-8,18H,9-11H2. The van der Waals surface area contributed by atoms with Crippen LogP contribution < -0.4 is 4.74 Å². The molecule has 0 aromatic heterocycles. The van der Waals surface area contributed by atoms with Gasteiger partial charge in [-0.2, -0.15) is 0 Å². The Hall–Kier alpha value is -2.47. The molecule has 25 heavy (non-hydrogen) atoms. The molecular weight excluding hydrogens is 343 g/mol. The quantitative estimate of drug-likeness (QED) is 0.586. The van der Waals surface area contributed by atoms with Gasteiger partial charge in [0.1, 0.15) is 11.6 Å². The first-order chi connectivity index (χ1) is 12.0. The summed E-state index contributed by atoms with van der Waals surface area (Å²) in [5.41, 5.74) is 0.911. The van der Waals surface area contributed by atoms with Gasteiger partial charge in [-0.25, -0.2) is 4.39 Å². The van der Waals surface area contributed by atoms with E-state index in [1.807, 2.05) is 0 Å². The lowest BCUT2D eigenvalue weighted by Crippen LogP contribution is -2.14. The number of halogens is 1. The fourth-order valence-corrected chi connectivity index (χ4v) is 3.56. The van der Waals surface area contributed by atoms with Crippen LogP contribution in [0.1, 0.15) is 22.3 Å². The van der Waals surface area contributed by atoms with E-state index < -0.39 is 11.6 Å². The molecule has 0 spiro atoms. The van der Waals surface area contributed by atoms with Crippen molar-refractivity contribution in [1.82, 2.24) is 0 Å².